The highest BCUT2D eigenvalue weighted by Gasteiger charge is 2.12. The summed E-state index contributed by atoms with van der Waals surface area (Å²) in [5.74, 6) is 0.504. The van der Waals surface area contributed by atoms with Crippen LogP contribution in [0.15, 0.2) is 59.0 Å². The van der Waals surface area contributed by atoms with Crippen LogP contribution in [0.25, 0.3) is 11.1 Å². The summed E-state index contributed by atoms with van der Waals surface area (Å²) in [4.78, 5) is 4.09. The number of nitrogen functional groups attached to an aromatic ring is 1. The zero-order chi connectivity index (χ0) is 17.9. The van der Waals surface area contributed by atoms with E-state index in [1.165, 1.54) is 28.0 Å². The lowest BCUT2D eigenvalue weighted by Crippen LogP contribution is -2.10. The molecule has 0 radical (unpaired) electrons. The van der Waals surface area contributed by atoms with Gasteiger partial charge in [0, 0.05) is 5.38 Å². The van der Waals surface area contributed by atoms with Crippen LogP contribution in [0.3, 0.4) is 0 Å². The molecule has 3 aromatic rings. The summed E-state index contributed by atoms with van der Waals surface area (Å²) in [6.07, 6.45) is 1.77. The second kappa shape index (κ2) is 7.07. The van der Waals surface area contributed by atoms with Gasteiger partial charge in [0.25, 0.3) is 0 Å². The summed E-state index contributed by atoms with van der Waals surface area (Å²) in [6, 6.07) is 17.1. The summed E-state index contributed by atoms with van der Waals surface area (Å²) in [5.41, 5.74) is 13.4. The van der Waals surface area contributed by atoms with Gasteiger partial charge in [-0.1, -0.05) is 69.3 Å². The number of hydrazone groups is 1. The van der Waals surface area contributed by atoms with Crippen LogP contribution in [0, 0.1) is 0 Å². The minimum atomic E-state index is 0.175. The summed E-state index contributed by atoms with van der Waals surface area (Å²) in [5, 5.41) is 6.64. The number of hydrogen-bond donors (Lipinski definition) is 2. The fraction of sp³-hybridized carbons (Fsp3) is 0.200. The van der Waals surface area contributed by atoms with Crippen LogP contribution in [0.4, 0.5) is 10.9 Å². The first kappa shape index (κ1) is 17.2. The third-order valence-electron chi connectivity index (χ3n) is 3.89. The van der Waals surface area contributed by atoms with Gasteiger partial charge in [-0.25, -0.2) is 4.98 Å². The molecule has 25 heavy (non-hydrogen) atoms. The van der Waals surface area contributed by atoms with Crippen molar-refractivity contribution in [1.29, 1.82) is 0 Å². The number of rotatable bonds is 4. The highest BCUT2D eigenvalue weighted by atomic mass is 32.1. The van der Waals surface area contributed by atoms with E-state index in [0.717, 1.165) is 5.56 Å². The van der Waals surface area contributed by atoms with Crippen molar-refractivity contribution in [3.05, 3.63) is 65.0 Å². The normalized spacial score (nSPS) is 11.8. The highest BCUT2D eigenvalue weighted by Crippen LogP contribution is 2.26. The first-order chi connectivity index (χ1) is 11.9. The van der Waals surface area contributed by atoms with Crippen LogP contribution in [0.2, 0.25) is 0 Å². The summed E-state index contributed by atoms with van der Waals surface area (Å²) in [7, 11) is 0. The molecule has 2 aromatic carbocycles. The van der Waals surface area contributed by atoms with Gasteiger partial charge in [0.05, 0.1) is 6.21 Å². The Morgan fingerprint density at radius 2 is 1.60 bits per heavy atom. The van der Waals surface area contributed by atoms with Gasteiger partial charge >= 0.3 is 0 Å². The molecule has 0 aliphatic rings. The Kier molecular flexibility index (Phi) is 4.86. The Bertz CT molecular complexity index is 856. The maximum atomic E-state index is 5.57. The minimum Gasteiger partial charge on any atom is -0.383 e. The van der Waals surface area contributed by atoms with Crippen LogP contribution < -0.4 is 11.2 Å². The van der Waals surface area contributed by atoms with E-state index in [0.29, 0.717) is 10.9 Å². The van der Waals surface area contributed by atoms with Crippen molar-refractivity contribution in [3.8, 4) is 11.1 Å². The predicted octanol–water partition coefficient (Wildman–Crippen LogP) is 5.14. The molecule has 0 saturated heterocycles. The van der Waals surface area contributed by atoms with Gasteiger partial charge in [-0.3, -0.25) is 5.43 Å². The molecule has 4 nitrogen and oxygen atoms in total. The second-order valence-electron chi connectivity index (χ2n) is 6.90. The van der Waals surface area contributed by atoms with E-state index in [4.69, 9.17) is 5.73 Å². The molecule has 128 valence electrons. The third kappa shape index (κ3) is 4.45. The average Bonchev–Trinajstić information content (AvgIpc) is 3.00. The fourth-order valence-electron chi connectivity index (χ4n) is 2.42. The Hall–Kier alpha value is -2.66. The van der Waals surface area contributed by atoms with E-state index in [-0.39, 0.29) is 5.41 Å². The largest absolute Gasteiger partial charge is 0.383 e. The number of hydrogen-bond acceptors (Lipinski definition) is 5. The van der Waals surface area contributed by atoms with E-state index in [1.54, 1.807) is 11.6 Å². The molecule has 0 fully saturated rings. The molecule has 5 heteroatoms. The number of nitrogens with one attached hydrogen (secondary N) is 1. The van der Waals surface area contributed by atoms with Gasteiger partial charge in [-0.2, -0.15) is 5.10 Å². The van der Waals surface area contributed by atoms with Gasteiger partial charge in [-0.15, -0.1) is 11.3 Å². The monoisotopic (exact) mass is 350 g/mol. The molecule has 0 spiro atoms. The van der Waals surface area contributed by atoms with E-state index in [2.05, 4.69) is 72.7 Å². The number of nitrogens with zero attached hydrogens (tertiary/aromatic N) is 2. The fourth-order valence-corrected chi connectivity index (χ4v) is 2.97. The molecule has 1 heterocycles. The lowest BCUT2D eigenvalue weighted by atomic mass is 9.86. The maximum Gasteiger partial charge on any atom is 0.205 e. The molecular formula is C20H22N4S. The van der Waals surface area contributed by atoms with Crippen LogP contribution in [-0.2, 0) is 5.41 Å². The third-order valence-corrected chi connectivity index (χ3v) is 4.66. The number of nitrogens with two attached hydrogens (primary N) is 1. The Labute approximate surface area is 152 Å². The number of aromatic nitrogens is 1. The lowest BCUT2D eigenvalue weighted by molar-refractivity contribution is 0.590. The van der Waals surface area contributed by atoms with E-state index in [1.807, 2.05) is 12.1 Å². The quantitative estimate of drug-likeness (QED) is 0.506. The smallest absolute Gasteiger partial charge is 0.205 e. The lowest BCUT2D eigenvalue weighted by Gasteiger charge is -2.19. The van der Waals surface area contributed by atoms with Crippen LogP contribution in [0.5, 0.6) is 0 Å². The number of anilines is 2. The molecule has 0 aliphatic carbocycles. The molecular weight excluding hydrogens is 328 g/mol. The first-order valence-corrected chi connectivity index (χ1v) is 9.01. The average molecular weight is 350 g/mol. The predicted molar refractivity (Wildman–Crippen MR) is 108 cm³/mol. The second-order valence-corrected chi connectivity index (χ2v) is 7.75. The van der Waals surface area contributed by atoms with Crippen molar-refractivity contribution in [3.63, 3.8) is 0 Å². The molecule has 3 rings (SSSR count). The Balaban J connectivity index is 1.67. The van der Waals surface area contributed by atoms with Gasteiger partial charge in [0.2, 0.25) is 5.13 Å². The molecule has 0 saturated carbocycles. The molecule has 0 aliphatic heterocycles. The molecule has 3 N–H and O–H groups in total. The number of thiazole rings is 1. The molecule has 1 aromatic heterocycles. The van der Waals surface area contributed by atoms with Crippen molar-refractivity contribution in [2.45, 2.75) is 26.2 Å². The summed E-state index contributed by atoms with van der Waals surface area (Å²) < 4.78 is 0. The SMILES string of the molecule is CC(C)(C)c1ccc(-c2ccc(C=NNc3nc(N)cs3)cc2)cc1. The van der Waals surface area contributed by atoms with Crippen molar-refractivity contribution in [2.75, 3.05) is 11.2 Å². The van der Waals surface area contributed by atoms with Crippen molar-refractivity contribution < 1.29 is 0 Å². The van der Waals surface area contributed by atoms with Crippen molar-refractivity contribution in [1.82, 2.24) is 4.98 Å². The Morgan fingerprint density at radius 1 is 1.00 bits per heavy atom. The van der Waals surface area contributed by atoms with Crippen LogP contribution in [0.1, 0.15) is 31.9 Å². The van der Waals surface area contributed by atoms with Crippen molar-refractivity contribution in [2.24, 2.45) is 5.10 Å². The van der Waals surface area contributed by atoms with Gasteiger partial charge in [-0.05, 0) is 27.7 Å². The molecule has 0 unspecified atom stereocenters. The van der Waals surface area contributed by atoms with E-state index in [9.17, 15) is 0 Å². The molecule has 0 bridgehead atoms. The summed E-state index contributed by atoms with van der Waals surface area (Å²) in [6.45, 7) is 6.68. The maximum absolute atomic E-state index is 5.57. The highest BCUT2D eigenvalue weighted by molar-refractivity contribution is 7.14. The zero-order valence-electron chi connectivity index (χ0n) is 14.7. The van der Waals surface area contributed by atoms with E-state index >= 15 is 0 Å². The van der Waals surface area contributed by atoms with Crippen molar-refractivity contribution >= 4 is 28.5 Å². The first-order valence-electron chi connectivity index (χ1n) is 8.13. The standard InChI is InChI=1S/C20H22N4S/c1-20(2,3)17-10-8-16(9-11-17)15-6-4-14(5-7-15)12-22-24-19-23-18(21)13-25-19/h4-13H,21H2,1-3H3,(H,23,24). The zero-order valence-corrected chi connectivity index (χ0v) is 15.5. The van der Waals surface area contributed by atoms with Gasteiger partial charge in [0.15, 0.2) is 0 Å². The molecule has 0 amide bonds. The minimum absolute atomic E-state index is 0.175. The van der Waals surface area contributed by atoms with Gasteiger partial charge in [0.1, 0.15) is 5.82 Å². The van der Waals surface area contributed by atoms with E-state index < -0.39 is 0 Å². The number of benzene rings is 2. The van der Waals surface area contributed by atoms with Gasteiger partial charge < -0.3 is 5.73 Å². The van der Waals surface area contributed by atoms with Crippen LogP contribution >= 0.6 is 11.3 Å². The van der Waals surface area contributed by atoms with Crippen LogP contribution in [-0.4, -0.2) is 11.2 Å². The molecule has 0 atom stereocenters. The Morgan fingerprint density at radius 3 is 2.12 bits per heavy atom. The summed E-state index contributed by atoms with van der Waals surface area (Å²) >= 11 is 1.43. The topological polar surface area (TPSA) is 63.3 Å².